The molecule has 0 saturated heterocycles. The summed E-state index contributed by atoms with van der Waals surface area (Å²) in [4.78, 5) is 26.5. The summed E-state index contributed by atoms with van der Waals surface area (Å²) in [5.74, 6) is 0.188. The number of anilines is 1. The van der Waals surface area contributed by atoms with Crippen LogP contribution in [0.1, 0.15) is 16.2 Å². The number of hydrogen-bond donors (Lipinski definition) is 1. The molecule has 0 aliphatic carbocycles. The van der Waals surface area contributed by atoms with E-state index >= 15 is 0 Å². The van der Waals surface area contributed by atoms with Gasteiger partial charge in [0, 0.05) is 40.8 Å². The number of rotatable bonds is 6. The summed E-state index contributed by atoms with van der Waals surface area (Å²) in [5, 5.41) is 6.05. The zero-order valence-corrected chi connectivity index (χ0v) is 18.5. The molecular weight excluding hydrogens is 442 g/mol. The van der Waals surface area contributed by atoms with E-state index in [9.17, 15) is 4.79 Å². The van der Waals surface area contributed by atoms with Crippen LogP contribution >= 0.6 is 22.9 Å². The van der Waals surface area contributed by atoms with Crippen molar-refractivity contribution < 1.29 is 4.79 Å². The van der Waals surface area contributed by atoms with E-state index in [1.54, 1.807) is 11.6 Å². The summed E-state index contributed by atoms with van der Waals surface area (Å²) < 4.78 is 2.01. The maximum absolute atomic E-state index is 13.0. The highest BCUT2D eigenvalue weighted by Crippen LogP contribution is 2.27. The van der Waals surface area contributed by atoms with E-state index in [1.165, 1.54) is 11.3 Å². The number of halogens is 1. The molecular formula is C24H18ClN5OS. The molecule has 3 aromatic heterocycles. The molecule has 0 radical (unpaired) electrons. The van der Waals surface area contributed by atoms with Gasteiger partial charge in [0.15, 0.2) is 0 Å². The lowest BCUT2D eigenvalue weighted by atomic mass is 10.2. The van der Waals surface area contributed by atoms with Gasteiger partial charge in [-0.3, -0.25) is 15.1 Å². The molecule has 8 heteroatoms. The van der Waals surface area contributed by atoms with Crippen LogP contribution in [0, 0.1) is 0 Å². The second kappa shape index (κ2) is 8.90. The highest BCUT2D eigenvalue weighted by atomic mass is 35.5. The molecule has 32 heavy (non-hydrogen) atoms. The van der Waals surface area contributed by atoms with E-state index < -0.39 is 0 Å². The topological polar surface area (TPSA) is 72.7 Å². The van der Waals surface area contributed by atoms with E-state index in [4.69, 9.17) is 11.6 Å². The average Bonchev–Trinajstić information content (AvgIpc) is 3.44. The summed E-state index contributed by atoms with van der Waals surface area (Å²) in [6.07, 6.45) is 2.50. The molecule has 0 aliphatic heterocycles. The average molecular weight is 460 g/mol. The van der Waals surface area contributed by atoms with Crippen LogP contribution in [-0.4, -0.2) is 25.4 Å². The van der Waals surface area contributed by atoms with E-state index in [2.05, 4.69) is 20.3 Å². The smallest absolute Gasteiger partial charge is 0.277 e. The van der Waals surface area contributed by atoms with Crippen molar-refractivity contribution in [3.05, 3.63) is 94.7 Å². The molecule has 0 aliphatic rings. The molecule has 1 amide bonds. The minimum Gasteiger partial charge on any atom is -0.310 e. The number of para-hydroxylation sites is 2. The molecule has 0 fully saturated rings. The van der Waals surface area contributed by atoms with Crippen molar-refractivity contribution in [2.24, 2.45) is 0 Å². The Labute approximate surface area is 193 Å². The van der Waals surface area contributed by atoms with Gasteiger partial charge in [0.05, 0.1) is 11.0 Å². The predicted molar refractivity (Wildman–Crippen MR) is 128 cm³/mol. The van der Waals surface area contributed by atoms with Crippen molar-refractivity contribution in [2.75, 3.05) is 5.32 Å². The number of aromatic nitrogens is 4. The van der Waals surface area contributed by atoms with Gasteiger partial charge >= 0.3 is 0 Å². The molecule has 0 bridgehead atoms. The zero-order chi connectivity index (χ0) is 21.9. The van der Waals surface area contributed by atoms with E-state index in [-0.39, 0.29) is 5.91 Å². The van der Waals surface area contributed by atoms with Crippen LogP contribution in [0.15, 0.2) is 78.3 Å². The number of carbonyl (C=O) groups is 1. The third kappa shape index (κ3) is 4.26. The number of pyridine rings is 1. The summed E-state index contributed by atoms with van der Waals surface area (Å²) in [7, 11) is 0. The quantitative estimate of drug-likeness (QED) is 0.353. The molecule has 2 aromatic carbocycles. The molecule has 6 nitrogen and oxygen atoms in total. The number of nitrogens with zero attached hydrogens (tertiary/aromatic N) is 4. The second-order valence-corrected chi connectivity index (χ2v) is 8.44. The van der Waals surface area contributed by atoms with Gasteiger partial charge in [-0.25, -0.2) is 9.97 Å². The molecule has 5 aromatic rings. The maximum Gasteiger partial charge on any atom is 0.277 e. The van der Waals surface area contributed by atoms with Crippen LogP contribution in [0.4, 0.5) is 5.95 Å². The number of imidazole rings is 1. The van der Waals surface area contributed by atoms with Crippen LogP contribution in [0.2, 0.25) is 5.02 Å². The molecule has 3 heterocycles. The number of amides is 1. The normalized spacial score (nSPS) is 11.0. The van der Waals surface area contributed by atoms with E-state index in [1.807, 2.05) is 71.3 Å². The largest absolute Gasteiger partial charge is 0.310 e. The Morgan fingerprint density at radius 3 is 2.75 bits per heavy atom. The van der Waals surface area contributed by atoms with Gasteiger partial charge in [0.25, 0.3) is 5.91 Å². The standard InChI is InChI=1S/C24H18ClN5OS/c25-17-7-5-6-16(14-17)23-27-20(15-32-23)22(31)29-24-28-19-9-1-2-10-21(19)30(24)13-11-18-8-3-4-12-26-18/h1-10,12,14-15H,11,13H2,(H,28,29,31). The molecule has 1 N–H and O–H groups in total. The van der Waals surface area contributed by atoms with Crippen molar-refractivity contribution >= 4 is 45.8 Å². The van der Waals surface area contributed by atoms with Crippen molar-refractivity contribution in [1.29, 1.82) is 0 Å². The monoisotopic (exact) mass is 459 g/mol. The summed E-state index contributed by atoms with van der Waals surface area (Å²) >= 11 is 7.48. The van der Waals surface area contributed by atoms with Gasteiger partial charge in [-0.05, 0) is 36.4 Å². The van der Waals surface area contributed by atoms with Crippen LogP contribution in [0.25, 0.3) is 21.6 Å². The van der Waals surface area contributed by atoms with Gasteiger partial charge in [0.2, 0.25) is 5.95 Å². The second-order valence-electron chi connectivity index (χ2n) is 7.15. The first kappa shape index (κ1) is 20.4. The number of carbonyl (C=O) groups excluding carboxylic acids is 1. The third-order valence-corrected chi connectivity index (χ3v) is 6.13. The lowest BCUT2D eigenvalue weighted by Crippen LogP contribution is -2.17. The lowest BCUT2D eigenvalue weighted by Gasteiger charge is -2.09. The highest BCUT2D eigenvalue weighted by molar-refractivity contribution is 7.13. The third-order valence-electron chi connectivity index (χ3n) is 5.01. The molecule has 0 atom stereocenters. The molecule has 5 rings (SSSR count). The number of aryl methyl sites for hydroxylation is 2. The van der Waals surface area contributed by atoms with Gasteiger partial charge in [0.1, 0.15) is 10.7 Å². The number of benzene rings is 2. The first-order valence-corrected chi connectivity index (χ1v) is 11.3. The number of hydrogen-bond acceptors (Lipinski definition) is 5. The minimum absolute atomic E-state index is 0.302. The number of nitrogens with one attached hydrogen (secondary N) is 1. The van der Waals surface area contributed by atoms with Gasteiger partial charge in [-0.1, -0.05) is 41.9 Å². The Balaban J connectivity index is 1.40. The first-order valence-electron chi connectivity index (χ1n) is 10.1. The van der Waals surface area contributed by atoms with E-state index in [0.717, 1.165) is 33.7 Å². The van der Waals surface area contributed by atoms with E-state index in [0.29, 0.717) is 23.2 Å². The van der Waals surface area contributed by atoms with Crippen molar-refractivity contribution in [3.8, 4) is 10.6 Å². The van der Waals surface area contributed by atoms with Gasteiger partial charge in [-0.15, -0.1) is 11.3 Å². The van der Waals surface area contributed by atoms with Crippen molar-refractivity contribution in [1.82, 2.24) is 19.5 Å². The lowest BCUT2D eigenvalue weighted by molar-refractivity contribution is 0.102. The number of thiazole rings is 1. The summed E-state index contributed by atoms with van der Waals surface area (Å²) in [6, 6.07) is 21.1. The fourth-order valence-electron chi connectivity index (χ4n) is 3.47. The maximum atomic E-state index is 13.0. The zero-order valence-electron chi connectivity index (χ0n) is 16.9. The Bertz CT molecular complexity index is 1400. The SMILES string of the molecule is O=C(Nc1nc2ccccc2n1CCc1ccccn1)c1csc(-c2cccc(Cl)c2)n1. The molecule has 158 valence electrons. The Morgan fingerprint density at radius 1 is 1.03 bits per heavy atom. The molecule has 0 unspecified atom stereocenters. The number of fused-ring (bicyclic) bond motifs is 1. The van der Waals surface area contributed by atoms with Crippen molar-refractivity contribution in [3.63, 3.8) is 0 Å². The molecule has 0 saturated carbocycles. The van der Waals surface area contributed by atoms with Gasteiger partial charge < -0.3 is 4.57 Å². The summed E-state index contributed by atoms with van der Waals surface area (Å²) in [5.41, 5.74) is 3.98. The van der Waals surface area contributed by atoms with Crippen LogP contribution < -0.4 is 5.32 Å². The highest BCUT2D eigenvalue weighted by Gasteiger charge is 2.17. The molecule has 0 spiro atoms. The Morgan fingerprint density at radius 2 is 1.91 bits per heavy atom. The Kier molecular flexibility index (Phi) is 5.66. The summed E-state index contributed by atoms with van der Waals surface area (Å²) in [6.45, 7) is 0.637. The van der Waals surface area contributed by atoms with Crippen molar-refractivity contribution in [2.45, 2.75) is 13.0 Å². The Hall–Kier alpha value is -3.55. The minimum atomic E-state index is -0.302. The first-order chi connectivity index (χ1) is 15.7. The van der Waals surface area contributed by atoms with Gasteiger partial charge in [-0.2, -0.15) is 0 Å². The predicted octanol–water partition coefficient (Wildman–Crippen LogP) is 5.70. The van der Waals surface area contributed by atoms with Crippen LogP contribution in [0.3, 0.4) is 0 Å². The fourth-order valence-corrected chi connectivity index (χ4v) is 4.45. The van der Waals surface area contributed by atoms with Crippen LogP contribution in [0.5, 0.6) is 0 Å². The fraction of sp³-hybridized carbons (Fsp3) is 0.0833. The van der Waals surface area contributed by atoms with Crippen LogP contribution in [-0.2, 0) is 13.0 Å².